The molecule has 1 aromatic carbocycles. The van der Waals surface area contributed by atoms with Gasteiger partial charge in [-0.2, -0.15) is 11.8 Å². The summed E-state index contributed by atoms with van der Waals surface area (Å²) in [6.07, 6.45) is 0.937. The number of nitrogens with one attached hydrogen (secondary N) is 1. The normalized spacial score (nSPS) is 12.2. The third kappa shape index (κ3) is 5.73. The Kier molecular flexibility index (Phi) is 7.29. The molecule has 0 fully saturated rings. The summed E-state index contributed by atoms with van der Waals surface area (Å²) in [7, 11) is 0. The molecular weight excluding hydrogens is 380 g/mol. The fraction of sp³-hybridized carbons (Fsp3) is 0.417. The van der Waals surface area contributed by atoms with E-state index >= 15 is 0 Å². The second-order valence-electron chi connectivity index (χ2n) is 3.86. The number of carbonyl (C=O) groups excluding carboxylic acids is 1. The molecule has 3 N–H and O–H groups in total. The first-order valence-electron chi connectivity index (χ1n) is 5.61. The summed E-state index contributed by atoms with van der Waals surface area (Å²) < 4.78 is 1.83. The molecule has 1 unspecified atom stereocenters. The molecule has 0 radical (unpaired) electrons. The van der Waals surface area contributed by atoms with Gasteiger partial charge in [-0.3, -0.25) is 4.79 Å². The van der Waals surface area contributed by atoms with Crippen molar-refractivity contribution in [2.75, 3.05) is 16.8 Å². The molecule has 0 aromatic heterocycles. The molecule has 1 rings (SSSR count). The van der Waals surface area contributed by atoms with Crippen molar-refractivity contribution in [3.63, 3.8) is 0 Å². The third-order valence-electron chi connectivity index (χ3n) is 2.29. The second-order valence-corrected chi connectivity index (χ2v) is 6.66. The predicted octanol–water partition coefficient (Wildman–Crippen LogP) is 3.62. The van der Waals surface area contributed by atoms with Gasteiger partial charge in [0.05, 0.1) is 11.4 Å². The van der Waals surface area contributed by atoms with Crippen molar-refractivity contribution in [2.45, 2.75) is 19.4 Å². The zero-order valence-corrected chi connectivity index (χ0v) is 14.1. The van der Waals surface area contributed by atoms with E-state index in [4.69, 9.17) is 5.73 Å². The van der Waals surface area contributed by atoms with Crippen molar-refractivity contribution < 1.29 is 4.79 Å². The van der Waals surface area contributed by atoms with Gasteiger partial charge in [-0.25, -0.2) is 0 Å². The van der Waals surface area contributed by atoms with Crippen molar-refractivity contribution >= 4 is 55.2 Å². The quantitative estimate of drug-likeness (QED) is 0.773. The summed E-state index contributed by atoms with van der Waals surface area (Å²) in [6.45, 7) is 2.05. The van der Waals surface area contributed by atoms with E-state index < -0.39 is 0 Å². The van der Waals surface area contributed by atoms with Crippen LogP contribution in [0.2, 0.25) is 0 Å². The second kappa shape index (κ2) is 8.19. The first-order chi connectivity index (χ1) is 8.52. The maximum absolute atomic E-state index is 11.7. The summed E-state index contributed by atoms with van der Waals surface area (Å²) in [5, 5.41) is 2.86. The standard InChI is InChI=1S/C12H16Br2N2OS/c1-2-9(15)6-18-7-12(17)16-11-4-3-8(13)5-10(11)14/h3-5,9H,2,6-7,15H2,1H3,(H,16,17). The van der Waals surface area contributed by atoms with E-state index in [0.717, 1.165) is 26.8 Å². The Morgan fingerprint density at radius 1 is 1.50 bits per heavy atom. The molecule has 1 aromatic rings. The molecular formula is C12H16Br2N2OS. The molecule has 0 heterocycles. The highest BCUT2D eigenvalue weighted by Gasteiger charge is 2.07. The minimum Gasteiger partial charge on any atom is -0.327 e. The van der Waals surface area contributed by atoms with E-state index in [0.29, 0.717) is 5.75 Å². The number of benzene rings is 1. The molecule has 0 saturated carbocycles. The summed E-state index contributed by atoms with van der Waals surface area (Å²) in [5.74, 6) is 1.23. The monoisotopic (exact) mass is 394 g/mol. The van der Waals surface area contributed by atoms with Crippen LogP contribution in [0.1, 0.15) is 13.3 Å². The van der Waals surface area contributed by atoms with Crippen LogP contribution in [0.5, 0.6) is 0 Å². The molecule has 0 aliphatic heterocycles. The molecule has 100 valence electrons. The molecule has 0 bridgehead atoms. The van der Waals surface area contributed by atoms with Crippen LogP contribution in [0.4, 0.5) is 5.69 Å². The molecule has 1 atom stereocenters. The Bertz CT molecular complexity index is 415. The van der Waals surface area contributed by atoms with E-state index in [1.807, 2.05) is 25.1 Å². The SMILES string of the molecule is CCC(N)CSCC(=O)Nc1ccc(Br)cc1Br. The Balaban J connectivity index is 2.40. The molecule has 0 spiro atoms. The van der Waals surface area contributed by atoms with E-state index in [-0.39, 0.29) is 11.9 Å². The van der Waals surface area contributed by atoms with Gasteiger partial charge in [0.15, 0.2) is 0 Å². The molecule has 0 aliphatic carbocycles. The lowest BCUT2D eigenvalue weighted by molar-refractivity contribution is -0.113. The number of halogens is 2. The zero-order valence-electron chi connectivity index (χ0n) is 10.1. The largest absolute Gasteiger partial charge is 0.327 e. The number of rotatable bonds is 6. The van der Waals surface area contributed by atoms with Gasteiger partial charge in [-0.1, -0.05) is 22.9 Å². The molecule has 0 saturated heterocycles. The predicted molar refractivity (Wildman–Crippen MR) is 86.1 cm³/mol. The lowest BCUT2D eigenvalue weighted by Crippen LogP contribution is -2.23. The molecule has 3 nitrogen and oxygen atoms in total. The van der Waals surface area contributed by atoms with Crippen LogP contribution in [0.15, 0.2) is 27.1 Å². The highest BCUT2D eigenvalue weighted by atomic mass is 79.9. The maximum Gasteiger partial charge on any atom is 0.234 e. The fourth-order valence-corrected chi connectivity index (χ4v) is 3.26. The van der Waals surface area contributed by atoms with Crippen LogP contribution in [0.3, 0.4) is 0 Å². The summed E-state index contributed by atoms with van der Waals surface area (Å²) in [6, 6.07) is 5.81. The van der Waals surface area contributed by atoms with Crippen LogP contribution in [0.25, 0.3) is 0 Å². The van der Waals surface area contributed by atoms with Gasteiger partial charge in [-0.05, 0) is 40.5 Å². The fourth-order valence-electron chi connectivity index (χ4n) is 1.20. The highest BCUT2D eigenvalue weighted by Crippen LogP contribution is 2.26. The molecule has 0 aliphatic rings. The number of hydrogen-bond acceptors (Lipinski definition) is 3. The van der Waals surface area contributed by atoms with Gasteiger partial charge in [0.2, 0.25) is 5.91 Å². The number of nitrogens with two attached hydrogens (primary N) is 1. The Labute approximate surface area is 129 Å². The zero-order chi connectivity index (χ0) is 13.5. The van der Waals surface area contributed by atoms with Gasteiger partial charge in [0, 0.05) is 20.7 Å². The lowest BCUT2D eigenvalue weighted by atomic mass is 10.3. The first-order valence-corrected chi connectivity index (χ1v) is 8.35. The Morgan fingerprint density at radius 2 is 2.22 bits per heavy atom. The van der Waals surface area contributed by atoms with Gasteiger partial charge in [-0.15, -0.1) is 0 Å². The summed E-state index contributed by atoms with van der Waals surface area (Å²) in [5.41, 5.74) is 6.57. The number of hydrogen-bond donors (Lipinski definition) is 2. The van der Waals surface area contributed by atoms with Crippen LogP contribution in [-0.4, -0.2) is 23.5 Å². The van der Waals surface area contributed by atoms with E-state index in [1.54, 1.807) is 11.8 Å². The Hall–Kier alpha value is -0.0400. The van der Waals surface area contributed by atoms with E-state index in [1.165, 1.54) is 0 Å². The minimum atomic E-state index is -0.00803. The molecule has 1 amide bonds. The molecule has 18 heavy (non-hydrogen) atoms. The number of carbonyl (C=O) groups is 1. The smallest absolute Gasteiger partial charge is 0.234 e. The molecule has 6 heteroatoms. The van der Waals surface area contributed by atoms with E-state index in [2.05, 4.69) is 37.2 Å². The van der Waals surface area contributed by atoms with Gasteiger partial charge in [0.1, 0.15) is 0 Å². The number of anilines is 1. The third-order valence-corrected chi connectivity index (χ3v) is 4.57. The first kappa shape index (κ1) is 16.0. The topological polar surface area (TPSA) is 55.1 Å². The highest BCUT2D eigenvalue weighted by molar-refractivity contribution is 9.11. The van der Waals surface area contributed by atoms with E-state index in [9.17, 15) is 4.79 Å². The number of amides is 1. The lowest BCUT2D eigenvalue weighted by Gasteiger charge is -2.09. The van der Waals surface area contributed by atoms with Crippen LogP contribution < -0.4 is 11.1 Å². The van der Waals surface area contributed by atoms with Crippen molar-refractivity contribution in [2.24, 2.45) is 5.73 Å². The van der Waals surface area contributed by atoms with Crippen LogP contribution >= 0.6 is 43.6 Å². The van der Waals surface area contributed by atoms with Crippen molar-refractivity contribution in [3.8, 4) is 0 Å². The van der Waals surface area contributed by atoms with Crippen LogP contribution in [-0.2, 0) is 4.79 Å². The van der Waals surface area contributed by atoms with Gasteiger partial charge >= 0.3 is 0 Å². The Morgan fingerprint density at radius 3 is 2.83 bits per heavy atom. The van der Waals surface area contributed by atoms with Crippen molar-refractivity contribution in [1.82, 2.24) is 0 Å². The van der Waals surface area contributed by atoms with Crippen molar-refractivity contribution in [3.05, 3.63) is 27.1 Å². The van der Waals surface area contributed by atoms with Crippen molar-refractivity contribution in [1.29, 1.82) is 0 Å². The summed E-state index contributed by atoms with van der Waals surface area (Å²) in [4.78, 5) is 11.7. The minimum absolute atomic E-state index is 0.00803. The van der Waals surface area contributed by atoms with Gasteiger partial charge in [0.25, 0.3) is 0 Å². The van der Waals surface area contributed by atoms with Crippen LogP contribution in [0, 0.1) is 0 Å². The summed E-state index contributed by atoms with van der Waals surface area (Å²) >= 11 is 8.33. The maximum atomic E-state index is 11.7. The average Bonchev–Trinajstić information content (AvgIpc) is 2.32. The van der Waals surface area contributed by atoms with Gasteiger partial charge < -0.3 is 11.1 Å². The number of thioether (sulfide) groups is 1. The average molecular weight is 396 g/mol.